The van der Waals surface area contributed by atoms with Gasteiger partial charge in [-0.25, -0.2) is 0 Å². The minimum Gasteiger partial charge on any atom is -0.147 e. The number of nitrogens with zero attached hydrogens (tertiary/aromatic N) is 1. The van der Waals surface area contributed by atoms with Crippen molar-refractivity contribution in [2.45, 2.75) is 32.6 Å². The summed E-state index contributed by atoms with van der Waals surface area (Å²) in [5.74, 6) is 0. The summed E-state index contributed by atoms with van der Waals surface area (Å²) < 4.78 is 0. The third-order valence-electron chi connectivity index (χ3n) is 1.21. The quantitative estimate of drug-likeness (QED) is 0.322. The SMILES string of the molecule is CCCCCCPN=O. The Kier molecular flexibility index (Phi) is 8.06. The van der Waals surface area contributed by atoms with Crippen LogP contribution in [-0.4, -0.2) is 6.16 Å². The second kappa shape index (κ2) is 8.03. The van der Waals surface area contributed by atoms with Gasteiger partial charge in [-0.05, 0) is 12.6 Å². The van der Waals surface area contributed by atoms with E-state index in [0.29, 0.717) is 8.73 Å². The van der Waals surface area contributed by atoms with Gasteiger partial charge in [-0.1, -0.05) is 31.1 Å². The molecule has 0 heterocycles. The summed E-state index contributed by atoms with van der Waals surface area (Å²) in [5.41, 5.74) is 0. The number of hydrogen-bond donors (Lipinski definition) is 0. The molecule has 0 amide bonds. The van der Waals surface area contributed by atoms with Gasteiger partial charge in [0.05, 0.1) is 8.73 Å². The van der Waals surface area contributed by atoms with Crippen LogP contribution in [0.15, 0.2) is 4.95 Å². The second-order valence-electron chi connectivity index (χ2n) is 2.06. The highest BCUT2D eigenvalue weighted by atomic mass is 31.1. The van der Waals surface area contributed by atoms with E-state index in [4.69, 9.17) is 0 Å². The van der Waals surface area contributed by atoms with Crippen LogP contribution in [0.1, 0.15) is 32.6 Å². The molecule has 0 spiro atoms. The van der Waals surface area contributed by atoms with Gasteiger partial charge in [-0.3, -0.25) is 0 Å². The predicted octanol–water partition coefficient (Wildman–Crippen LogP) is 2.93. The Morgan fingerprint density at radius 2 is 2.11 bits per heavy atom. The van der Waals surface area contributed by atoms with Crippen molar-refractivity contribution >= 4 is 8.73 Å². The third-order valence-corrected chi connectivity index (χ3v) is 1.91. The molecular weight excluding hydrogens is 133 g/mol. The van der Waals surface area contributed by atoms with Crippen molar-refractivity contribution in [1.82, 2.24) is 0 Å². The molecule has 0 aromatic carbocycles. The highest BCUT2D eigenvalue weighted by Crippen LogP contribution is 2.13. The fourth-order valence-corrected chi connectivity index (χ4v) is 1.18. The minimum atomic E-state index is 0.296. The van der Waals surface area contributed by atoms with Crippen LogP contribution < -0.4 is 0 Å². The standard InChI is InChI=1S/C6H14NOP/c1-2-3-4-5-6-9-7-8/h9H,2-6H2,1H3. The summed E-state index contributed by atoms with van der Waals surface area (Å²) in [5, 5.41) is 0. The maximum atomic E-state index is 9.60. The van der Waals surface area contributed by atoms with Gasteiger partial charge in [-0.15, -0.1) is 4.91 Å². The van der Waals surface area contributed by atoms with Crippen LogP contribution in [0, 0.1) is 4.91 Å². The molecule has 0 aliphatic rings. The van der Waals surface area contributed by atoms with Crippen LogP contribution in [-0.2, 0) is 0 Å². The molecule has 0 aliphatic heterocycles. The van der Waals surface area contributed by atoms with Crippen LogP contribution in [0.25, 0.3) is 0 Å². The Hall–Kier alpha value is 0.0300. The Morgan fingerprint density at radius 3 is 2.67 bits per heavy atom. The number of rotatable bonds is 6. The van der Waals surface area contributed by atoms with Crippen LogP contribution in [0.3, 0.4) is 0 Å². The van der Waals surface area contributed by atoms with Gasteiger partial charge in [0.1, 0.15) is 0 Å². The lowest BCUT2D eigenvalue weighted by atomic mass is 10.2. The Morgan fingerprint density at radius 1 is 1.33 bits per heavy atom. The normalized spacial score (nSPS) is 10.8. The highest BCUT2D eigenvalue weighted by molar-refractivity contribution is 7.36. The van der Waals surface area contributed by atoms with E-state index in [-0.39, 0.29) is 0 Å². The zero-order valence-corrected chi connectivity index (χ0v) is 6.89. The fourth-order valence-electron chi connectivity index (χ4n) is 0.676. The topological polar surface area (TPSA) is 29.4 Å². The smallest absolute Gasteiger partial charge is 0.0501 e. The molecule has 54 valence electrons. The first kappa shape index (κ1) is 9.03. The van der Waals surface area contributed by atoms with Gasteiger partial charge >= 0.3 is 0 Å². The molecule has 0 radical (unpaired) electrons. The number of unbranched alkanes of at least 4 members (excludes halogenated alkanes) is 3. The van der Waals surface area contributed by atoms with Gasteiger partial charge in [-0.2, -0.15) is 0 Å². The van der Waals surface area contributed by atoms with Crippen LogP contribution in [0.2, 0.25) is 0 Å². The molecule has 0 saturated heterocycles. The Balaban J connectivity index is 2.66. The van der Waals surface area contributed by atoms with Crippen molar-refractivity contribution in [3.05, 3.63) is 4.91 Å². The largest absolute Gasteiger partial charge is 0.147 e. The van der Waals surface area contributed by atoms with Gasteiger partial charge in [0.15, 0.2) is 0 Å². The van der Waals surface area contributed by atoms with Gasteiger partial charge < -0.3 is 0 Å². The van der Waals surface area contributed by atoms with Crippen molar-refractivity contribution in [1.29, 1.82) is 0 Å². The average Bonchev–Trinajstić information content (AvgIpc) is 1.89. The molecule has 0 fully saturated rings. The molecule has 0 aromatic heterocycles. The summed E-state index contributed by atoms with van der Waals surface area (Å²) in [6, 6.07) is 0. The summed E-state index contributed by atoms with van der Waals surface area (Å²) >= 11 is 0. The van der Waals surface area contributed by atoms with Crippen LogP contribution in [0.4, 0.5) is 0 Å². The minimum absolute atomic E-state index is 0.296. The molecule has 0 saturated carbocycles. The van der Waals surface area contributed by atoms with E-state index in [1.165, 1.54) is 25.7 Å². The highest BCUT2D eigenvalue weighted by Gasteiger charge is 1.86. The van der Waals surface area contributed by atoms with Crippen molar-refractivity contribution < 1.29 is 0 Å². The number of hydrogen-bond acceptors (Lipinski definition) is 2. The van der Waals surface area contributed by atoms with E-state index < -0.39 is 0 Å². The van der Waals surface area contributed by atoms with Gasteiger partial charge in [0.2, 0.25) is 0 Å². The van der Waals surface area contributed by atoms with E-state index in [1.54, 1.807) is 0 Å². The van der Waals surface area contributed by atoms with E-state index in [1.807, 2.05) is 0 Å². The molecule has 2 nitrogen and oxygen atoms in total. The second-order valence-corrected chi connectivity index (χ2v) is 3.06. The summed E-state index contributed by atoms with van der Waals surface area (Å²) in [7, 11) is 0.296. The fraction of sp³-hybridized carbons (Fsp3) is 1.00. The first-order valence-corrected chi connectivity index (χ1v) is 4.62. The van der Waals surface area contributed by atoms with Gasteiger partial charge in [0.25, 0.3) is 0 Å². The molecule has 0 rings (SSSR count). The van der Waals surface area contributed by atoms with Crippen molar-refractivity contribution in [3.8, 4) is 0 Å². The maximum absolute atomic E-state index is 9.60. The summed E-state index contributed by atoms with van der Waals surface area (Å²) in [6.07, 6.45) is 6.00. The molecule has 0 bridgehead atoms. The summed E-state index contributed by atoms with van der Waals surface area (Å²) in [6.45, 7) is 2.18. The Labute approximate surface area is 58.2 Å². The molecule has 3 heteroatoms. The Bertz CT molecular complexity index is 68.1. The molecule has 1 unspecified atom stereocenters. The monoisotopic (exact) mass is 147 g/mol. The van der Waals surface area contributed by atoms with E-state index in [2.05, 4.69) is 11.9 Å². The van der Waals surface area contributed by atoms with Crippen molar-refractivity contribution in [2.75, 3.05) is 6.16 Å². The van der Waals surface area contributed by atoms with Crippen molar-refractivity contribution in [2.24, 2.45) is 4.95 Å². The molecular formula is C6H14NOP. The van der Waals surface area contributed by atoms with E-state index >= 15 is 0 Å². The lowest BCUT2D eigenvalue weighted by Crippen LogP contribution is -1.76. The molecule has 0 aliphatic carbocycles. The van der Waals surface area contributed by atoms with E-state index in [9.17, 15) is 4.91 Å². The lowest BCUT2D eigenvalue weighted by molar-refractivity contribution is 0.705. The lowest BCUT2D eigenvalue weighted by Gasteiger charge is -1.92. The van der Waals surface area contributed by atoms with E-state index in [0.717, 1.165) is 6.16 Å². The van der Waals surface area contributed by atoms with Crippen LogP contribution in [0.5, 0.6) is 0 Å². The number of nitroso groups, excluding NO2 is 1. The van der Waals surface area contributed by atoms with Gasteiger partial charge in [0, 0.05) is 0 Å². The molecule has 9 heavy (non-hydrogen) atoms. The molecule has 0 N–H and O–H groups in total. The molecule has 1 atom stereocenters. The summed E-state index contributed by atoms with van der Waals surface area (Å²) in [4.78, 5) is 12.4. The van der Waals surface area contributed by atoms with Crippen LogP contribution >= 0.6 is 8.73 Å². The zero-order chi connectivity index (χ0) is 6.95. The zero-order valence-electron chi connectivity index (χ0n) is 5.89. The predicted molar refractivity (Wildman–Crippen MR) is 43.1 cm³/mol. The maximum Gasteiger partial charge on any atom is 0.0501 e. The van der Waals surface area contributed by atoms with Crippen molar-refractivity contribution in [3.63, 3.8) is 0 Å². The molecule has 0 aromatic rings. The third kappa shape index (κ3) is 8.03. The first-order valence-electron chi connectivity index (χ1n) is 3.47. The first-order chi connectivity index (χ1) is 4.41. The average molecular weight is 147 g/mol.